The molecule has 0 aliphatic rings. The number of rotatable bonds is 4. The number of hydrogen-bond donors (Lipinski definition) is 1. The average Bonchev–Trinajstić information content (AvgIpc) is 2.93. The van der Waals surface area contributed by atoms with Crippen molar-refractivity contribution >= 4 is 21.4 Å². The van der Waals surface area contributed by atoms with Gasteiger partial charge in [0, 0.05) is 0 Å². The zero-order chi connectivity index (χ0) is 14.8. The third-order valence-corrected chi connectivity index (χ3v) is 3.86. The van der Waals surface area contributed by atoms with Crippen LogP contribution in [0.2, 0.25) is 0 Å². The third-order valence-electron chi connectivity index (χ3n) is 2.42. The molecule has 2 aromatic rings. The number of hydrogen-bond acceptors (Lipinski definition) is 4. The van der Waals surface area contributed by atoms with Crippen LogP contribution in [0.3, 0.4) is 0 Å². The lowest BCUT2D eigenvalue weighted by Gasteiger charge is -2.10. The predicted molar refractivity (Wildman–Crippen MR) is 66.3 cm³/mol. The quantitative estimate of drug-likeness (QED) is 0.941. The first-order valence-corrected chi connectivity index (χ1v) is 6.93. The fourth-order valence-electron chi connectivity index (χ4n) is 1.51. The largest absolute Gasteiger partial charge is 0.459 e. The van der Waals surface area contributed by atoms with Gasteiger partial charge in [-0.1, -0.05) is 12.1 Å². The van der Waals surface area contributed by atoms with Crippen LogP contribution < -0.4 is 5.32 Å². The number of para-hydroxylation sites is 1. The van der Waals surface area contributed by atoms with E-state index in [2.05, 4.69) is 5.32 Å². The second kappa shape index (κ2) is 5.41. The topological polar surface area (TPSA) is 76.4 Å². The SMILES string of the molecule is O=C(Nc1ccccc1S(=O)(=O)C(F)F)c1ccco1. The summed E-state index contributed by atoms with van der Waals surface area (Å²) in [4.78, 5) is 11.1. The monoisotopic (exact) mass is 301 g/mol. The highest BCUT2D eigenvalue weighted by atomic mass is 32.2. The van der Waals surface area contributed by atoms with E-state index in [0.29, 0.717) is 0 Å². The van der Waals surface area contributed by atoms with E-state index in [0.717, 1.165) is 6.07 Å². The number of sulfone groups is 1. The van der Waals surface area contributed by atoms with Crippen molar-refractivity contribution in [2.75, 3.05) is 5.32 Å². The number of amides is 1. The van der Waals surface area contributed by atoms with Crippen molar-refractivity contribution in [1.82, 2.24) is 0 Å². The summed E-state index contributed by atoms with van der Waals surface area (Å²) in [6.07, 6.45) is 1.26. The summed E-state index contributed by atoms with van der Waals surface area (Å²) >= 11 is 0. The van der Waals surface area contributed by atoms with Gasteiger partial charge in [0.25, 0.3) is 5.91 Å². The molecule has 0 radical (unpaired) electrons. The fraction of sp³-hybridized carbons (Fsp3) is 0.0833. The Balaban J connectivity index is 2.37. The Morgan fingerprint density at radius 3 is 2.45 bits per heavy atom. The molecule has 0 bridgehead atoms. The second-order valence-corrected chi connectivity index (χ2v) is 5.62. The van der Waals surface area contributed by atoms with E-state index in [9.17, 15) is 22.0 Å². The van der Waals surface area contributed by atoms with E-state index in [1.54, 1.807) is 0 Å². The summed E-state index contributed by atoms with van der Waals surface area (Å²) in [6, 6.07) is 7.76. The zero-order valence-corrected chi connectivity index (χ0v) is 10.7. The van der Waals surface area contributed by atoms with Gasteiger partial charge in [0.15, 0.2) is 5.76 Å². The van der Waals surface area contributed by atoms with Gasteiger partial charge in [0.2, 0.25) is 9.84 Å². The van der Waals surface area contributed by atoms with Crippen molar-refractivity contribution < 1.29 is 26.4 Å². The number of carbonyl (C=O) groups is 1. The Bertz CT molecular complexity index is 711. The molecule has 0 unspecified atom stereocenters. The maximum atomic E-state index is 12.6. The summed E-state index contributed by atoms with van der Waals surface area (Å²) in [7, 11) is -4.80. The van der Waals surface area contributed by atoms with Crippen LogP contribution in [0, 0.1) is 0 Å². The third kappa shape index (κ3) is 2.69. The van der Waals surface area contributed by atoms with E-state index in [-0.39, 0.29) is 11.4 Å². The standard InChI is InChI=1S/C12H9F2NO4S/c13-12(14)20(17,18)10-6-2-1-4-8(10)15-11(16)9-5-3-7-19-9/h1-7,12H,(H,15,16). The van der Waals surface area contributed by atoms with Gasteiger partial charge in [-0.2, -0.15) is 8.78 Å². The lowest BCUT2D eigenvalue weighted by molar-refractivity contribution is 0.0996. The highest BCUT2D eigenvalue weighted by Crippen LogP contribution is 2.26. The molecule has 0 aliphatic heterocycles. The van der Waals surface area contributed by atoms with Crippen LogP contribution in [0.15, 0.2) is 52.0 Å². The Morgan fingerprint density at radius 1 is 1.15 bits per heavy atom. The van der Waals surface area contributed by atoms with E-state index < -0.39 is 26.4 Å². The molecule has 2 rings (SSSR count). The van der Waals surface area contributed by atoms with Crippen molar-refractivity contribution in [3.63, 3.8) is 0 Å². The van der Waals surface area contributed by atoms with Gasteiger partial charge in [-0.25, -0.2) is 8.42 Å². The maximum Gasteiger partial charge on any atom is 0.341 e. The maximum absolute atomic E-state index is 12.6. The van der Waals surface area contributed by atoms with Crippen LogP contribution in [-0.4, -0.2) is 20.1 Å². The summed E-state index contributed by atoms with van der Waals surface area (Å²) in [5.41, 5.74) is -0.228. The van der Waals surface area contributed by atoms with Crippen molar-refractivity contribution in [2.24, 2.45) is 0 Å². The number of benzene rings is 1. The minimum Gasteiger partial charge on any atom is -0.459 e. The van der Waals surface area contributed by atoms with Gasteiger partial charge in [0.05, 0.1) is 16.8 Å². The lowest BCUT2D eigenvalue weighted by Crippen LogP contribution is -2.17. The summed E-state index contributed by atoms with van der Waals surface area (Å²) in [6.45, 7) is 0. The Morgan fingerprint density at radius 2 is 1.85 bits per heavy atom. The Hall–Kier alpha value is -2.22. The molecule has 1 aromatic heterocycles. The second-order valence-electron chi connectivity index (χ2n) is 3.73. The van der Waals surface area contributed by atoms with Crippen LogP contribution in [0.5, 0.6) is 0 Å². The van der Waals surface area contributed by atoms with Gasteiger partial charge < -0.3 is 9.73 Å². The molecule has 1 amide bonds. The molecular weight excluding hydrogens is 292 g/mol. The molecule has 5 nitrogen and oxygen atoms in total. The first-order valence-electron chi connectivity index (χ1n) is 5.39. The molecule has 0 saturated carbocycles. The smallest absolute Gasteiger partial charge is 0.341 e. The van der Waals surface area contributed by atoms with E-state index in [1.165, 1.54) is 36.6 Å². The summed E-state index contributed by atoms with van der Waals surface area (Å²) in [5.74, 6) is -4.36. The molecule has 0 saturated heterocycles. The molecule has 0 fully saturated rings. The number of nitrogens with one attached hydrogen (secondary N) is 1. The molecule has 106 valence electrons. The van der Waals surface area contributed by atoms with E-state index in [4.69, 9.17) is 4.42 Å². The van der Waals surface area contributed by atoms with E-state index in [1.807, 2.05) is 0 Å². The minimum atomic E-state index is -4.80. The molecule has 1 aromatic carbocycles. The van der Waals surface area contributed by atoms with Gasteiger partial charge in [-0.05, 0) is 24.3 Å². The molecular formula is C12H9F2NO4S. The molecule has 1 N–H and O–H groups in total. The van der Waals surface area contributed by atoms with Crippen LogP contribution >= 0.6 is 0 Å². The number of alkyl halides is 2. The molecule has 0 atom stereocenters. The van der Waals surface area contributed by atoms with Crippen molar-refractivity contribution in [3.05, 3.63) is 48.4 Å². The van der Waals surface area contributed by atoms with Crippen LogP contribution in [-0.2, 0) is 9.84 Å². The van der Waals surface area contributed by atoms with E-state index >= 15 is 0 Å². The number of halogens is 2. The summed E-state index contributed by atoms with van der Waals surface area (Å²) in [5, 5.41) is 2.23. The van der Waals surface area contributed by atoms with Crippen LogP contribution in [0.4, 0.5) is 14.5 Å². The average molecular weight is 301 g/mol. The molecule has 1 heterocycles. The Kier molecular flexibility index (Phi) is 3.84. The lowest BCUT2D eigenvalue weighted by atomic mass is 10.3. The van der Waals surface area contributed by atoms with Crippen molar-refractivity contribution in [2.45, 2.75) is 10.7 Å². The fourth-order valence-corrected chi connectivity index (χ4v) is 2.39. The molecule has 8 heteroatoms. The van der Waals surface area contributed by atoms with Gasteiger partial charge >= 0.3 is 5.76 Å². The number of anilines is 1. The van der Waals surface area contributed by atoms with Crippen molar-refractivity contribution in [1.29, 1.82) is 0 Å². The predicted octanol–water partition coefficient (Wildman–Crippen LogP) is 2.53. The molecule has 0 aliphatic carbocycles. The zero-order valence-electron chi connectivity index (χ0n) is 9.92. The first-order chi connectivity index (χ1) is 9.43. The number of furan rings is 1. The highest BCUT2D eigenvalue weighted by Gasteiger charge is 2.29. The van der Waals surface area contributed by atoms with Gasteiger partial charge in [-0.15, -0.1) is 0 Å². The number of carbonyl (C=O) groups excluding carboxylic acids is 1. The van der Waals surface area contributed by atoms with Crippen molar-refractivity contribution in [3.8, 4) is 0 Å². The van der Waals surface area contributed by atoms with Crippen LogP contribution in [0.1, 0.15) is 10.6 Å². The first kappa shape index (κ1) is 14.2. The Labute approximate surface area is 113 Å². The molecule has 20 heavy (non-hydrogen) atoms. The minimum absolute atomic E-state index is 0.0609. The normalized spacial score (nSPS) is 11.6. The summed E-state index contributed by atoms with van der Waals surface area (Å²) < 4.78 is 53.0. The van der Waals surface area contributed by atoms with Gasteiger partial charge in [0.1, 0.15) is 0 Å². The van der Waals surface area contributed by atoms with Crippen LogP contribution in [0.25, 0.3) is 0 Å². The highest BCUT2D eigenvalue weighted by molar-refractivity contribution is 7.91. The van der Waals surface area contributed by atoms with Gasteiger partial charge in [-0.3, -0.25) is 4.79 Å². The molecule has 0 spiro atoms.